The highest BCUT2D eigenvalue weighted by atomic mass is 32.2. The van der Waals surface area contributed by atoms with Gasteiger partial charge in [-0.05, 0) is 6.92 Å². The smallest absolute Gasteiger partial charge is 0.244 e. The van der Waals surface area contributed by atoms with Gasteiger partial charge in [0.2, 0.25) is 10.0 Å². The van der Waals surface area contributed by atoms with Crippen molar-refractivity contribution in [2.24, 2.45) is 5.73 Å². The van der Waals surface area contributed by atoms with E-state index in [0.717, 1.165) is 9.88 Å². The fourth-order valence-electron chi connectivity index (χ4n) is 1.46. The van der Waals surface area contributed by atoms with Crippen LogP contribution in [0.15, 0.2) is 23.5 Å². The monoisotopic (exact) mass is 301 g/mol. The van der Waals surface area contributed by atoms with Crippen molar-refractivity contribution in [2.75, 3.05) is 6.54 Å². The molecular weight excluding hydrogens is 286 g/mol. The zero-order valence-corrected chi connectivity index (χ0v) is 12.0. The van der Waals surface area contributed by atoms with Crippen LogP contribution in [0.1, 0.15) is 9.88 Å². The molecule has 0 unspecified atom stereocenters. The fraction of sp³-hybridized carbons (Fsp3) is 0.400. The maximum Gasteiger partial charge on any atom is 0.244 e. The minimum Gasteiger partial charge on any atom is -0.329 e. The van der Waals surface area contributed by atoms with Crippen molar-refractivity contribution >= 4 is 21.4 Å². The van der Waals surface area contributed by atoms with E-state index in [1.807, 2.05) is 6.92 Å². The molecule has 0 spiro atoms. The number of sulfonamides is 1. The van der Waals surface area contributed by atoms with Gasteiger partial charge in [0.25, 0.3) is 0 Å². The van der Waals surface area contributed by atoms with Crippen molar-refractivity contribution in [1.29, 1.82) is 0 Å². The topological polar surface area (TPSA) is 103 Å². The summed E-state index contributed by atoms with van der Waals surface area (Å²) in [5, 5.41) is 4.67. The molecule has 0 bridgehead atoms. The van der Waals surface area contributed by atoms with Crippen molar-refractivity contribution < 1.29 is 8.42 Å². The second kappa shape index (κ2) is 5.78. The van der Waals surface area contributed by atoms with E-state index in [1.165, 1.54) is 28.4 Å². The number of nitrogens with two attached hydrogens (primary N) is 1. The van der Waals surface area contributed by atoms with Crippen molar-refractivity contribution in [3.8, 4) is 0 Å². The summed E-state index contributed by atoms with van der Waals surface area (Å²) in [6, 6.07) is 0. The quantitative estimate of drug-likeness (QED) is 0.787. The molecule has 0 fully saturated rings. The molecule has 0 saturated carbocycles. The van der Waals surface area contributed by atoms with Crippen LogP contribution in [-0.2, 0) is 23.1 Å². The molecule has 0 saturated heterocycles. The predicted octanol–water partition coefficient (Wildman–Crippen LogP) is 0.0852. The minimum atomic E-state index is -3.55. The van der Waals surface area contributed by atoms with Gasteiger partial charge in [-0.3, -0.25) is 4.68 Å². The van der Waals surface area contributed by atoms with E-state index in [-0.39, 0.29) is 11.4 Å². The van der Waals surface area contributed by atoms with Gasteiger partial charge in [0.05, 0.1) is 19.3 Å². The molecule has 104 valence electrons. The summed E-state index contributed by atoms with van der Waals surface area (Å²) in [6.07, 6.45) is 4.49. The lowest BCUT2D eigenvalue weighted by Gasteiger charge is -2.02. The first-order valence-electron chi connectivity index (χ1n) is 5.65. The van der Waals surface area contributed by atoms with Crippen LogP contribution >= 0.6 is 11.3 Å². The Bertz CT molecular complexity index is 646. The summed E-state index contributed by atoms with van der Waals surface area (Å²) in [6.45, 7) is 3.00. The molecule has 0 atom stereocenters. The van der Waals surface area contributed by atoms with Gasteiger partial charge in [0, 0.05) is 23.8 Å². The molecule has 2 aromatic heterocycles. The van der Waals surface area contributed by atoms with Crippen LogP contribution in [0.5, 0.6) is 0 Å². The van der Waals surface area contributed by atoms with Crippen molar-refractivity contribution in [2.45, 2.75) is 24.9 Å². The van der Waals surface area contributed by atoms with Crippen LogP contribution in [0.25, 0.3) is 0 Å². The lowest BCUT2D eigenvalue weighted by Crippen LogP contribution is -2.22. The fourth-order valence-corrected chi connectivity index (χ4v) is 3.22. The zero-order chi connectivity index (χ0) is 13.9. The SMILES string of the molecule is Cc1cnc(CNS(=O)(=O)c2cnn(CCN)c2)s1. The van der Waals surface area contributed by atoms with E-state index >= 15 is 0 Å². The normalized spacial score (nSPS) is 11.9. The number of hydrogen-bond donors (Lipinski definition) is 2. The first-order valence-corrected chi connectivity index (χ1v) is 7.95. The Balaban J connectivity index is 2.04. The number of hydrogen-bond acceptors (Lipinski definition) is 6. The van der Waals surface area contributed by atoms with Crippen molar-refractivity contribution in [3.05, 3.63) is 28.5 Å². The molecule has 19 heavy (non-hydrogen) atoms. The van der Waals surface area contributed by atoms with Gasteiger partial charge in [0.1, 0.15) is 9.90 Å². The van der Waals surface area contributed by atoms with Gasteiger partial charge in [0.15, 0.2) is 0 Å². The van der Waals surface area contributed by atoms with Crippen LogP contribution in [0, 0.1) is 6.92 Å². The van der Waals surface area contributed by atoms with E-state index in [4.69, 9.17) is 5.73 Å². The van der Waals surface area contributed by atoms with Gasteiger partial charge < -0.3 is 5.73 Å². The van der Waals surface area contributed by atoms with Gasteiger partial charge in [-0.2, -0.15) is 5.10 Å². The van der Waals surface area contributed by atoms with Gasteiger partial charge in [-0.1, -0.05) is 0 Å². The zero-order valence-electron chi connectivity index (χ0n) is 10.4. The highest BCUT2D eigenvalue weighted by Gasteiger charge is 2.16. The third kappa shape index (κ3) is 3.60. The third-order valence-corrected chi connectivity index (χ3v) is 4.63. The average molecular weight is 301 g/mol. The first-order chi connectivity index (χ1) is 9.01. The first kappa shape index (κ1) is 14.1. The molecule has 9 heteroatoms. The Morgan fingerprint density at radius 1 is 1.47 bits per heavy atom. The molecular formula is C10H15N5O2S2. The Kier molecular flexibility index (Phi) is 4.30. The van der Waals surface area contributed by atoms with Crippen LogP contribution in [0.4, 0.5) is 0 Å². The van der Waals surface area contributed by atoms with Crippen molar-refractivity contribution in [1.82, 2.24) is 19.5 Å². The molecule has 0 aliphatic rings. The highest BCUT2D eigenvalue weighted by molar-refractivity contribution is 7.89. The summed E-state index contributed by atoms with van der Waals surface area (Å²) in [7, 11) is -3.55. The van der Waals surface area contributed by atoms with Gasteiger partial charge in [-0.25, -0.2) is 18.1 Å². The summed E-state index contributed by atoms with van der Waals surface area (Å²) >= 11 is 1.46. The predicted molar refractivity (Wildman–Crippen MR) is 72.2 cm³/mol. The molecule has 2 rings (SSSR count). The number of nitrogens with zero attached hydrogens (tertiary/aromatic N) is 3. The Morgan fingerprint density at radius 2 is 2.26 bits per heavy atom. The molecule has 0 aromatic carbocycles. The molecule has 0 amide bonds. The molecule has 0 aliphatic heterocycles. The molecule has 7 nitrogen and oxygen atoms in total. The van der Waals surface area contributed by atoms with Crippen LogP contribution in [-0.4, -0.2) is 29.7 Å². The van der Waals surface area contributed by atoms with Crippen LogP contribution < -0.4 is 10.5 Å². The molecule has 0 aliphatic carbocycles. The summed E-state index contributed by atoms with van der Waals surface area (Å²) in [5.41, 5.74) is 5.38. The second-order valence-electron chi connectivity index (χ2n) is 3.92. The largest absolute Gasteiger partial charge is 0.329 e. The number of thiazole rings is 1. The highest BCUT2D eigenvalue weighted by Crippen LogP contribution is 2.12. The van der Waals surface area contributed by atoms with Gasteiger partial charge >= 0.3 is 0 Å². The number of aromatic nitrogens is 3. The lowest BCUT2D eigenvalue weighted by atomic mass is 10.6. The van der Waals surface area contributed by atoms with E-state index < -0.39 is 10.0 Å². The lowest BCUT2D eigenvalue weighted by molar-refractivity contribution is 0.580. The van der Waals surface area contributed by atoms with Crippen molar-refractivity contribution in [3.63, 3.8) is 0 Å². The average Bonchev–Trinajstić information content (AvgIpc) is 2.97. The second-order valence-corrected chi connectivity index (χ2v) is 7.00. The van der Waals surface area contributed by atoms with E-state index in [0.29, 0.717) is 13.1 Å². The molecule has 0 radical (unpaired) electrons. The van der Waals surface area contributed by atoms with E-state index in [9.17, 15) is 8.42 Å². The Hall–Kier alpha value is -1.29. The Morgan fingerprint density at radius 3 is 2.89 bits per heavy atom. The summed E-state index contributed by atoms with van der Waals surface area (Å²) in [4.78, 5) is 5.28. The van der Waals surface area contributed by atoms with Crippen LogP contribution in [0.3, 0.4) is 0 Å². The van der Waals surface area contributed by atoms with Crippen LogP contribution in [0.2, 0.25) is 0 Å². The molecule has 3 N–H and O–H groups in total. The summed E-state index contributed by atoms with van der Waals surface area (Å²) in [5.74, 6) is 0. The third-order valence-electron chi connectivity index (χ3n) is 2.36. The maximum atomic E-state index is 12.0. The minimum absolute atomic E-state index is 0.134. The van der Waals surface area contributed by atoms with E-state index in [1.54, 1.807) is 6.20 Å². The molecule has 2 aromatic rings. The maximum absolute atomic E-state index is 12.0. The molecule has 2 heterocycles. The van der Waals surface area contributed by atoms with Gasteiger partial charge in [-0.15, -0.1) is 11.3 Å². The number of nitrogens with one attached hydrogen (secondary N) is 1. The standard InChI is InChI=1S/C10H15N5O2S2/c1-8-4-12-10(18-8)6-14-19(16,17)9-5-13-15(7-9)3-2-11/h4-5,7,14H,2-3,6,11H2,1H3. The summed E-state index contributed by atoms with van der Waals surface area (Å²) < 4.78 is 28.0. The van der Waals surface area contributed by atoms with E-state index in [2.05, 4.69) is 14.8 Å². The number of aryl methyl sites for hydroxylation is 1. The Labute approximate surface area is 115 Å². The number of rotatable bonds is 6.